The minimum Gasteiger partial charge on any atom is -0.321 e. The van der Waals surface area contributed by atoms with Crippen LogP contribution in [0.5, 0.6) is 0 Å². The average Bonchev–Trinajstić information content (AvgIpc) is 3.14. The minimum absolute atomic E-state index is 0.103. The van der Waals surface area contributed by atoms with E-state index in [2.05, 4.69) is 15.5 Å². The van der Waals surface area contributed by atoms with Crippen LogP contribution in [-0.4, -0.2) is 24.5 Å². The first-order valence-electron chi connectivity index (χ1n) is 8.13. The Balaban J connectivity index is 1.84. The number of carbonyl (C=O) groups is 1. The molecule has 0 atom stereocenters. The number of hydrogen-bond acceptors (Lipinski definition) is 5. The van der Waals surface area contributed by atoms with Gasteiger partial charge in [0.2, 0.25) is 10.0 Å². The molecule has 8 nitrogen and oxygen atoms in total. The van der Waals surface area contributed by atoms with Gasteiger partial charge in [0, 0.05) is 16.8 Å². The SMILES string of the molecule is N#CC(=Cc1cn[nH]c1-c1ccc(F)cc1)C(=O)Nc1ccc(S(N)(=O)=O)cc1. The van der Waals surface area contributed by atoms with Gasteiger partial charge in [-0.3, -0.25) is 9.89 Å². The first kappa shape index (κ1) is 19.9. The summed E-state index contributed by atoms with van der Waals surface area (Å²) in [6, 6.07) is 12.7. The van der Waals surface area contributed by atoms with Gasteiger partial charge in [-0.05, 0) is 54.6 Å². The molecule has 1 aromatic heterocycles. The van der Waals surface area contributed by atoms with Crippen LogP contribution in [0.2, 0.25) is 0 Å². The number of primary sulfonamides is 1. The number of nitrogens with one attached hydrogen (secondary N) is 2. The molecule has 0 spiro atoms. The van der Waals surface area contributed by atoms with Crippen molar-refractivity contribution in [2.24, 2.45) is 5.14 Å². The van der Waals surface area contributed by atoms with Crippen molar-refractivity contribution in [2.75, 3.05) is 5.32 Å². The van der Waals surface area contributed by atoms with Crippen LogP contribution in [0.3, 0.4) is 0 Å². The molecule has 0 saturated heterocycles. The summed E-state index contributed by atoms with van der Waals surface area (Å²) in [6.07, 6.45) is 2.78. The number of aromatic nitrogens is 2. The fraction of sp³-hybridized carbons (Fsp3) is 0. The number of aromatic amines is 1. The van der Waals surface area contributed by atoms with E-state index in [1.54, 1.807) is 12.1 Å². The lowest BCUT2D eigenvalue weighted by Gasteiger charge is -2.05. The second-order valence-electron chi connectivity index (χ2n) is 5.90. The van der Waals surface area contributed by atoms with Crippen LogP contribution in [0.4, 0.5) is 10.1 Å². The van der Waals surface area contributed by atoms with Gasteiger partial charge < -0.3 is 5.32 Å². The molecule has 0 bridgehead atoms. The zero-order chi connectivity index (χ0) is 21.0. The first-order chi connectivity index (χ1) is 13.8. The molecule has 0 fully saturated rings. The number of nitrogens with two attached hydrogens (primary N) is 1. The maximum Gasteiger partial charge on any atom is 0.266 e. The van der Waals surface area contributed by atoms with Gasteiger partial charge in [-0.2, -0.15) is 10.4 Å². The maximum absolute atomic E-state index is 13.1. The average molecular weight is 411 g/mol. The number of rotatable bonds is 5. The molecular weight excluding hydrogens is 397 g/mol. The zero-order valence-corrected chi connectivity index (χ0v) is 15.6. The van der Waals surface area contributed by atoms with E-state index in [4.69, 9.17) is 5.14 Å². The van der Waals surface area contributed by atoms with Crippen molar-refractivity contribution in [2.45, 2.75) is 4.90 Å². The van der Waals surface area contributed by atoms with Crippen molar-refractivity contribution in [1.82, 2.24) is 10.2 Å². The Morgan fingerprint density at radius 3 is 2.41 bits per heavy atom. The number of benzene rings is 2. The molecule has 2 aromatic carbocycles. The second-order valence-corrected chi connectivity index (χ2v) is 7.46. The summed E-state index contributed by atoms with van der Waals surface area (Å²) in [5.41, 5.74) is 1.70. The van der Waals surface area contributed by atoms with Crippen molar-refractivity contribution >= 4 is 27.7 Å². The summed E-state index contributed by atoms with van der Waals surface area (Å²) >= 11 is 0. The lowest BCUT2D eigenvalue weighted by Crippen LogP contribution is -2.14. The van der Waals surface area contributed by atoms with E-state index in [0.29, 0.717) is 16.8 Å². The van der Waals surface area contributed by atoms with Crippen molar-refractivity contribution in [3.63, 3.8) is 0 Å². The fourth-order valence-electron chi connectivity index (χ4n) is 2.48. The lowest BCUT2D eigenvalue weighted by molar-refractivity contribution is -0.112. The third kappa shape index (κ3) is 4.73. The molecule has 3 rings (SSSR count). The highest BCUT2D eigenvalue weighted by atomic mass is 32.2. The Hall–Kier alpha value is -3.81. The molecule has 3 aromatic rings. The molecule has 10 heteroatoms. The van der Waals surface area contributed by atoms with Gasteiger partial charge in [-0.1, -0.05) is 0 Å². The molecule has 1 heterocycles. The Kier molecular flexibility index (Phi) is 5.54. The molecule has 29 heavy (non-hydrogen) atoms. The summed E-state index contributed by atoms with van der Waals surface area (Å²) in [7, 11) is -3.85. The molecule has 0 aliphatic heterocycles. The number of amides is 1. The third-order valence-electron chi connectivity index (χ3n) is 3.91. The van der Waals surface area contributed by atoms with E-state index < -0.39 is 21.7 Å². The van der Waals surface area contributed by atoms with E-state index in [1.807, 2.05) is 6.07 Å². The number of hydrogen-bond donors (Lipinski definition) is 3. The summed E-state index contributed by atoms with van der Waals surface area (Å²) in [4.78, 5) is 12.3. The third-order valence-corrected chi connectivity index (χ3v) is 4.84. The van der Waals surface area contributed by atoms with Crippen molar-refractivity contribution in [3.8, 4) is 17.3 Å². The van der Waals surface area contributed by atoms with Crippen molar-refractivity contribution < 1.29 is 17.6 Å². The number of anilines is 1. The predicted octanol–water partition coefficient (Wildman–Crippen LogP) is 2.41. The minimum atomic E-state index is -3.85. The molecule has 0 unspecified atom stereocenters. The number of nitrogens with zero attached hydrogens (tertiary/aromatic N) is 2. The van der Waals surface area contributed by atoms with Gasteiger partial charge in [0.05, 0.1) is 16.8 Å². The maximum atomic E-state index is 13.1. The lowest BCUT2D eigenvalue weighted by atomic mass is 10.1. The van der Waals surface area contributed by atoms with Gasteiger partial charge in [0.1, 0.15) is 17.5 Å². The molecule has 1 amide bonds. The van der Waals surface area contributed by atoms with Crippen LogP contribution in [0.1, 0.15) is 5.56 Å². The summed E-state index contributed by atoms with van der Waals surface area (Å²) < 4.78 is 35.7. The smallest absolute Gasteiger partial charge is 0.266 e. The monoisotopic (exact) mass is 411 g/mol. The normalized spacial score (nSPS) is 11.7. The molecule has 4 N–H and O–H groups in total. The van der Waals surface area contributed by atoms with E-state index in [9.17, 15) is 22.9 Å². The molecular formula is C19H14FN5O3S. The van der Waals surface area contributed by atoms with Crippen LogP contribution in [0.25, 0.3) is 17.3 Å². The highest BCUT2D eigenvalue weighted by Gasteiger charge is 2.14. The van der Waals surface area contributed by atoms with E-state index >= 15 is 0 Å². The topological polar surface area (TPSA) is 142 Å². The quantitative estimate of drug-likeness (QED) is 0.437. The number of nitriles is 1. The van der Waals surface area contributed by atoms with Crippen LogP contribution >= 0.6 is 0 Å². The van der Waals surface area contributed by atoms with Crippen molar-refractivity contribution in [3.05, 3.63) is 71.7 Å². The Bertz CT molecular complexity index is 1220. The largest absolute Gasteiger partial charge is 0.321 e. The van der Waals surface area contributed by atoms with Gasteiger partial charge in [-0.15, -0.1) is 0 Å². The van der Waals surface area contributed by atoms with Crippen LogP contribution in [-0.2, 0) is 14.8 Å². The molecule has 0 aliphatic carbocycles. The fourth-order valence-corrected chi connectivity index (χ4v) is 3.00. The number of halogens is 1. The van der Waals surface area contributed by atoms with E-state index in [1.165, 1.54) is 48.7 Å². The second kappa shape index (κ2) is 8.05. The first-order valence-corrected chi connectivity index (χ1v) is 9.68. The predicted molar refractivity (Wildman–Crippen MR) is 104 cm³/mol. The van der Waals surface area contributed by atoms with Gasteiger partial charge in [0.15, 0.2) is 0 Å². The molecule has 0 radical (unpaired) electrons. The van der Waals surface area contributed by atoms with Crippen LogP contribution < -0.4 is 10.5 Å². The van der Waals surface area contributed by atoms with Crippen molar-refractivity contribution in [1.29, 1.82) is 5.26 Å². The molecule has 146 valence electrons. The molecule has 0 aliphatic rings. The number of carbonyl (C=O) groups excluding carboxylic acids is 1. The number of H-pyrrole nitrogens is 1. The zero-order valence-electron chi connectivity index (χ0n) is 14.8. The summed E-state index contributed by atoms with van der Waals surface area (Å²) in [6.45, 7) is 0. The number of sulfonamides is 1. The molecule has 0 saturated carbocycles. The Morgan fingerprint density at radius 2 is 1.83 bits per heavy atom. The van der Waals surface area contributed by atoms with Crippen LogP contribution in [0, 0.1) is 17.1 Å². The Morgan fingerprint density at radius 1 is 1.17 bits per heavy atom. The highest BCUT2D eigenvalue weighted by Crippen LogP contribution is 2.23. The van der Waals surface area contributed by atoms with E-state index in [0.717, 1.165) is 0 Å². The van der Waals surface area contributed by atoms with Crippen LogP contribution in [0.15, 0.2) is 65.2 Å². The standard InChI is InChI=1S/C19H14FN5O3S/c20-15-3-1-12(2-4-15)18-14(11-23-25-18)9-13(10-21)19(26)24-16-5-7-17(8-6-16)29(22,27)28/h1-9,11H,(H,23,25)(H,24,26)(H2,22,27,28). The summed E-state index contributed by atoms with van der Waals surface area (Å²) in [5, 5.41) is 23.6. The van der Waals surface area contributed by atoms with E-state index in [-0.39, 0.29) is 16.2 Å². The highest BCUT2D eigenvalue weighted by molar-refractivity contribution is 7.89. The van der Waals surface area contributed by atoms with Gasteiger partial charge >= 0.3 is 0 Å². The summed E-state index contributed by atoms with van der Waals surface area (Å²) in [5.74, 6) is -1.09. The van der Waals surface area contributed by atoms with Gasteiger partial charge in [0.25, 0.3) is 5.91 Å². The van der Waals surface area contributed by atoms with Gasteiger partial charge in [-0.25, -0.2) is 17.9 Å². The Labute approximate surface area is 165 Å².